The van der Waals surface area contributed by atoms with E-state index in [1.54, 1.807) is 6.92 Å². The highest BCUT2D eigenvalue weighted by Crippen LogP contribution is 2.20. The summed E-state index contributed by atoms with van der Waals surface area (Å²) in [5, 5.41) is 9.20. The van der Waals surface area contributed by atoms with E-state index >= 15 is 0 Å². The predicted molar refractivity (Wildman–Crippen MR) is 62.4 cm³/mol. The van der Waals surface area contributed by atoms with E-state index in [4.69, 9.17) is 4.74 Å². The van der Waals surface area contributed by atoms with Crippen LogP contribution in [0.25, 0.3) is 10.8 Å². The third kappa shape index (κ3) is 3.10. The van der Waals surface area contributed by atoms with Gasteiger partial charge in [-0.15, -0.1) is 11.3 Å². The Bertz CT molecular complexity index is 480. The maximum absolute atomic E-state index is 11.2. The lowest BCUT2D eigenvalue weighted by molar-refractivity contribution is -0.143. The first kappa shape index (κ1) is 11.7. The molecule has 0 aliphatic heterocycles. The number of aryl methyl sites for hydroxylation is 1. The predicted octanol–water partition coefficient (Wildman–Crippen LogP) is 1.42. The fourth-order valence-electron chi connectivity index (χ4n) is 1.30. The van der Waals surface area contributed by atoms with Crippen LogP contribution in [0.15, 0.2) is 11.7 Å². The molecule has 0 fully saturated rings. The fraction of sp³-hybridized carbons (Fsp3) is 0.400. The molecule has 90 valence electrons. The van der Waals surface area contributed by atoms with Gasteiger partial charge in [0.15, 0.2) is 10.8 Å². The van der Waals surface area contributed by atoms with Gasteiger partial charge in [-0.3, -0.25) is 9.89 Å². The van der Waals surface area contributed by atoms with Crippen molar-refractivity contribution in [2.24, 2.45) is 0 Å². The number of thiazole rings is 1. The van der Waals surface area contributed by atoms with Crippen LogP contribution >= 0.6 is 11.3 Å². The topological polar surface area (TPSA) is 80.8 Å². The van der Waals surface area contributed by atoms with Crippen LogP contribution in [0.1, 0.15) is 19.0 Å². The number of nitrogens with zero attached hydrogens (tertiary/aromatic N) is 3. The molecule has 0 saturated carbocycles. The number of ether oxygens (including phenoxy) is 1. The molecule has 0 aromatic carbocycles. The minimum absolute atomic E-state index is 0.193. The second-order valence-electron chi connectivity index (χ2n) is 3.28. The monoisotopic (exact) mass is 252 g/mol. The minimum atomic E-state index is -0.193. The number of carbonyl (C=O) groups is 1. The van der Waals surface area contributed by atoms with E-state index in [0.717, 1.165) is 10.7 Å². The second-order valence-corrected chi connectivity index (χ2v) is 4.14. The van der Waals surface area contributed by atoms with Gasteiger partial charge in [-0.2, -0.15) is 5.10 Å². The van der Waals surface area contributed by atoms with Gasteiger partial charge in [-0.25, -0.2) is 9.97 Å². The molecule has 0 atom stereocenters. The smallest absolute Gasteiger partial charge is 0.306 e. The van der Waals surface area contributed by atoms with E-state index in [2.05, 4.69) is 20.2 Å². The summed E-state index contributed by atoms with van der Waals surface area (Å²) in [6.07, 6.45) is 2.38. The van der Waals surface area contributed by atoms with Crippen molar-refractivity contribution in [2.45, 2.75) is 19.8 Å². The highest BCUT2D eigenvalue weighted by Gasteiger charge is 2.09. The van der Waals surface area contributed by atoms with E-state index in [0.29, 0.717) is 25.3 Å². The van der Waals surface area contributed by atoms with Gasteiger partial charge in [-0.1, -0.05) is 0 Å². The number of H-pyrrole nitrogens is 1. The van der Waals surface area contributed by atoms with Crippen molar-refractivity contribution in [3.8, 4) is 10.8 Å². The van der Waals surface area contributed by atoms with Crippen LogP contribution in [0.4, 0.5) is 0 Å². The van der Waals surface area contributed by atoms with Gasteiger partial charge in [0.25, 0.3) is 0 Å². The zero-order valence-corrected chi connectivity index (χ0v) is 10.2. The van der Waals surface area contributed by atoms with Gasteiger partial charge >= 0.3 is 5.97 Å². The molecule has 2 rings (SSSR count). The number of aromatic nitrogens is 4. The molecule has 0 amide bonds. The summed E-state index contributed by atoms with van der Waals surface area (Å²) >= 11 is 1.48. The molecular weight excluding hydrogens is 240 g/mol. The fourth-order valence-corrected chi connectivity index (χ4v) is 2.10. The standard InChI is InChI=1S/C10H12N4O2S/c1-2-16-8(15)4-3-7-5-17-10(13-7)9-11-6-12-14-9/h5-6H,2-4H2,1H3,(H,11,12,14). The number of esters is 1. The molecule has 0 radical (unpaired) electrons. The Balaban J connectivity index is 1.93. The molecule has 0 aliphatic carbocycles. The molecule has 0 saturated heterocycles. The lowest BCUT2D eigenvalue weighted by atomic mass is 10.2. The largest absolute Gasteiger partial charge is 0.466 e. The van der Waals surface area contributed by atoms with E-state index in [9.17, 15) is 4.79 Å². The molecular formula is C10H12N4O2S. The van der Waals surface area contributed by atoms with Gasteiger partial charge < -0.3 is 4.74 Å². The average molecular weight is 252 g/mol. The summed E-state index contributed by atoms with van der Waals surface area (Å²) in [5.74, 6) is 0.458. The minimum Gasteiger partial charge on any atom is -0.466 e. The number of carbonyl (C=O) groups excluding carboxylic acids is 1. The van der Waals surface area contributed by atoms with Crippen LogP contribution in [0.5, 0.6) is 0 Å². The normalized spacial score (nSPS) is 10.4. The Hall–Kier alpha value is -1.76. The Labute approximate surface area is 102 Å². The van der Waals surface area contributed by atoms with Crippen LogP contribution in [-0.4, -0.2) is 32.7 Å². The summed E-state index contributed by atoms with van der Waals surface area (Å²) in [4.78, 5) is 19.6. The van der Waals surface area contributed by atoms with Crippen LogP contribution in [0.2, 0.25) is 0 Å². The first-order chi connectivity index (χ1) is 8.29. The summed E-state index contributed by atoms with van der Waals surface area (Å²) in [5.41, 5.74) is 0.870. The molecule has 17 heavy (non-hydrogen) atoms. The summed E-state index contributed by atoms with van der Waals surface area (Å²) in [6.45, 7) is 2.21. The Morgan fingerprint density at radius 1 is 1.59 bits per heavy atom. The number of hydrogen-bond donors (Lipinski definition) is 1. The lowest BCUT2D eigenvalue weighted by Crippen LogP contribution is -2.05. The third-order valence-electron chi connectivity index (χ3n) is 2.06. The molecule has 2 heterocycles. The number of rotatable bonds is 5. The van der Waals surface area contributed by atoms with Gasteiger partial charge in [0.05, 0.1) is 18.7 Å². The SMILES string of the molecule is CCOC(=O)CCc1csc(-c2ncn[nH]2)n1. The van der Waals surface area contributed by atoms with Crippen molar-refractivity contribution in [2.75, 3.05) is 6.61 Å². The molecule has 1 N–H and O–H groups in total. The first-order valence-electron chi connectivity index (χ1n) is 5.25. The zero-order valence-electron chi connectivity index (χ0n) is 9.34. The molecule has 0 aliphatic rings. The zero-order chi connectivity index (χ0) is 12.1. The molecule has 2 aromatic heterocycles. The van der Waals surface area contributed by atoms with Gasteiger partial charge in [-0.05, 0) is 6.92 Å². The molecule has 2 aromatic rings. The molecule has 0 bridgehead atoms. The first-order valence-corrected chi connectivity index (χ1v) is 6.13. The Morgan fingerprint density at radius 2 is 2.47 bits per heavy atom. The summed E-state index contributed by atoms with van der Waals surface area (Å²) < 4.78 is 4.85. The van der Waals surface area contributed by atoms with Crippen molar-refractivity contribution in [3.05, 3.63) is 17.4 Å². The van der Waals surface area contributed by atoms with Gasteiger partial charge in [0.2, 0.25) is 0 Å². The molecule has 6 nitrogen and oxygen atoms in total. The van der Waals surface area contributed by atoms with E-state index in [1.165, 1.54) is 17.7 Å². The lowest BCUT2D eigenvalue weighted by Gasteiger charge is -1.98. The molecule has 0 unspecified atom stereocenters. The van der Waals surface area contributed by atoms with Crippen LogP contribution in [0, 0.1) is 0 Å². The van der Waals surface area contributed by atoms with Crippen molar-refractivity contribution in [1.29, 1.82) is 0 Å². The summed E-state index contributed by atoms with van der Waals surface area (Å²) in [6, 6.07) is 0. The van der Waals surface area contributed by atoms with E-state index < -0.39 is 0 Å². The quantitative estimate of drug-likeness (QED) is 0.814. The van der Waals surface area contributed by atoms with E-state index in [1.807, 2.05) is 5.38 Å². The Kier molecular flexibility index (Phi) is 3.81. The number of aromatic amines is 1. The second kappa shape index (κ2) is 5.53. The van der Waals surface area contributed by atoms with Gasteiger partial charge in [0, 0.05) is 11.8 Å². The maximum atomic E-state index is 11.2. The van der Waals surface area contributed by atoms with Crippen LogP contribution < -0.4 is 0 Å². The van der Waals surface area contributed by atoms with Crippen LogP contribution in [-0.2, 0) is 16.0 Å². The highest BCUT2D eigenvalue weighted by atomic mass is 32.1. The molecule has 0 spiro atoms. The third-order valence-corrected chi connectivity index (χ3v) is 2.96. The Morgan fingerprint density at radius 3 is 3.18 bits per heavy atom. The number of hydrogen-bond acceptors (Lipinski definition) is 6. The van der Waals surface area contributed by atoms with E-state index in [-0.39, 0.29) is 5.97 Å². The van der Waals surface area contributed by atoms with Crippen molar-refractivity contribution < 1.29 is 9.53 Å². The maximum Gasteiger partial charge on any atom is 0.306 e. The summed E-state index contributed by atoms with van der Waals surface area (Å²) in [7, 11) is 0. The molecule has 7 heteroatoms. The average Bonchev–Trinajstić information content (AvgIpc) is 2.97. The van der Waals surface area contributed by atoms with Gasteiger partial charge in [0.1, 0.15) is 6.33 Å². The number of nitrogens with one attached hydrogen (secondary N) is 1. The van der Waals surface area contributed by atoms with Crippen molar-refractivity contribution in [3.63, 3.8) is 0 Å². The van der Waals surface area contributed by atoms with Crippen LogP contribution in [0.3, 0.4) is 0 Å². The van der Waals surface area contributed by atoms with Crippen molar-refractivity contribution in [1.82, 2.24) is 20.2 Å². The highest BCUT2D eigenvalue weighted by molar-refractivity contribution is 7.13. The van der Waals surface area contributed by atoms with Crippen molar-refractivity contribution >= 4 is 17.3 Å².